The van der Waals surface area contributed by atoms with E-state index in [1.807, 2.05) is 55.2 Å². The van der Waals surface area contributed by atoms with E-state index in [1.54, 1.807) is 6.26 Å². The van der Waals surface area contributed by atoms with Gasteiger partial charge in [0.15, 0.2) is 5.76 Å². The number of imidazole rings is 1. The van der Waals surface area contributed by atoms with Gasteiger partial charge in [0.2, 0.25) is 0 Å². The minimum Gasteiger partial charge on any atom is -0.459 e. The number of amides is 1. The van der Waals surface area contributed by atoms with Crippen LogP contribution in [-0.2, 0) is 13.6 Å². The number of furan rings is 1. The van der Waals surface area contributed by atoms with E-state index in [-0.39, 0.29) is 11.8 Å². The molecular weight excluding hydrogens is 316 g/mol. The Morgan fingerprint density at radius 3 is 2.76 bits per heavy atom. The third-order valence-corrected chi connectivity index (χ3v) is 4.78. The summed E-state index contributed by atoms with van der Waals surface area (Å²) < 4.78 is 7.59. The van der Waals surface area contributed by atoms with E-state index in [2.05, 4.69) is 10.6 Å². The van der Waals surface area contributed by atoms with Crippen LogP contribution in [0.1, 0.15) is 27.9 Å². The van der Waals surface area contributed by atoms with Crippen LogP contribution in [0, 0.1) is 0 Å². The van der Waals surface area contributed by atoms with Crippen molar-refractivity contribution in [1.29, 1.82) is 0 Å². The van der Waals surface area contributed by atoms with Crippen molar-refractivity contribution in [1.82, 2.24) is 19.4 Å². The van der Waals surface area contributed by atoms with Crippen LogP contribution in [-0.4, -0.2) is 52.4 Å². The zero-order valence-electron chi connectivity index (χ0n) is 14.8. The first-order valence-electron chi connectivity index (χ1n) is 8.46. The summed E-state index contributed by atoms with van der Waals surface area (Å²) in [5, 5.41) is 0. The molecule has 0 N–H and O–H groups in total. The van der Waals surface area contributed by atoms with Gasteiger partial charge in [-0.3, -0.25) is 4.79 Å². The summed E-state index contributed by atoms with van der Waals surface area (Å²) in [6.45, 7) is 2.05. The number of nitrogens with zero attached hydrogens (tertiary/aromatic N) is 4. The lowest BCUT2D eigenvalue weighted by atomic mass is 9.98. The molecular formula is C19H22N4O2. The van der Waals surface area contributed by atoms with Gasteiger partial charge < -0.3 is 18.8 Å². The van der Waals surface area contributed by atoms with Crippen LogP contribution in [0.3, 0.4) is 0 Å². The number of likely N-dealkylation sites (tertiary alicyclic amines) is 1. The van der Waals surface area contributed by atoms with Crippen LogP contribution in [0.2, 0.25) is 0 Å². The molecule has 6 heteroatoms. The topological polar surface area (TPSA) is 54.5 Å². The molecule has 4 rings (SSSR count). The Morgan fingerprint density at radius 1 is 1.28 bits per heavy atom. The Balaban J connectivity index is 1.49. The van der Waals surface area contributed by atoms with Gasteiger partial charge in [-0.25, -0.2) is 4.98 Å². The predicted octanol–water partition coefficient (Wildman–Crippen LogP) is 2.47. The van der Waals surface area contributed by atoms with E-state index in [1.165, 1.54) is 0 Å². The van der Waals surface area contributed by atoms with Crippen molar-refractivity contribution in [3.05, 3.63) is 53.7 Å². The van der Waals surface area contributed by atoms with Crippen LogP contribution in [0.5, 0.6) is 0 Å². The smallest absolute Gasteiger partial charge is 0.289 e. The molecule has 0 spiro atoms. The SMILES string of the molecule is CN(C)Cc1ccoc1C(=O)N1CC(c2nc3ccccc3n2C)C1. The Kier molecular flexibility index (Phi) is 3.84. The molecule has 0 radical (unpaired) electrons. The average Bonchev–Trinajstić information content (AvgIpc) is 3.11. The fourth-order valence-electron chi connectivity index (χ4n) is 3.47. The van der Waals surface area contributed by atoms with Crippen molar-refractivity contribution < 1.29 is 9.21 Å². The number of aromatic nitrogens is 2. The zero-order chi connectivity index (χ0) is 17.6. The number of carbonyl (C=O) groups excluding carboxylic acids is 1. The number of benzene rings is 1. The Hall–Kier alpha value is -2.60. The van der Waals surface area contributed by atoms with Crippen molar-refractivity contribution in [3.63, 3.8) is 0 Å². The summed E-state index contributed by atoms with van der Waals surface area (Å²) in [7, 11) is 6.00. The summed E-state index contributed by atoms with van der Waals surface area (Å²) in [6.07, 6.45) is 1.59. The summed E-state index contributed by atoms with van der Waals surface area (Å²) in [5.74, 6) is 1.74. The van der Waals surface area contributed by atoms with Gasteiger partial charge in [-0.05, 0) is 32.3 Å². The average molecular weight is 338 g/mol. The van der Waals surface area contributed by atoms with E-state index in [0.717, 1.165) is 22.4 Å². The maximum atomic E-state index is 12.7. The Labute approximate surface area is 146 Å². The number of fused-ring (bicyclic) bond motifs is 1. The Morgan fingerprint density at radius 2 is 2.04 bits per heavy atom. The van der Waals surface area contributed by atoms with Crippen LogP contribution < -0.4 is 0 Å². The molecule has 1 aliphatic rings. The van der Waals surface area contributed by atoms with Gasteiger partial charge in [-0.15, -0.1) is 0 Å². The van der Waals surface area contributed by atoms with Gasteiger partial charge >= 0.3 is 0 Å². The van der Waals surface area contributed by atoms with Gasteiger partial charge in [0.25, 0.3) is 5.91 Å². The van der Waals surface area contributed by atoms with Crippen LogP contribution >= 0.6 is 0 Å². The summed E-state index contributed by atoms with van der Waals surface area (Å²) in [5.41, 5.74) is 3.06. The highest BCUT2D eigenvalue weighted by molar-refractivity contribution is 5.93. The van der Waals surface area contributed by atoms with Crippen LogP contribution in [0.25, 0.3) is 11.0 Å². The second kappa shape index (κ2) is 6.04. The number of rotatable bonds is 4. The molecule has 3 heterocycles. The summed E-state index contributed by atoms with van der Waals surface area (Å²) in [4.78, 5) is 21.3. The summed E-state index contributed by atoms with van der Waals surface area (Å²) >= 11 is 0. The van der Waals surface area contributed by atoms with Gasteiger partial charge in [0.1, 0.15) is 5.82 Å². The van der Waals surface area contributed by atoms with Crippen molar-refractivity contribution in [2.45, 2.75) is 12.5 Å². The number of hydrogen-bond donors (Lipinski definition) is 0. The minimum absolute atomic E-state index is 0.0307. The van der Waals surface area contributed by atoms with Gasteiger partial charge in [-0.2, -0.15) is 0 Å². The Bertz CT molecular complexity index is 919. The molecule has 3 aromatic rings. The molecule has 25 heavy (non-hydrogen) atoms. The molecule has 1 fully saturated rings. The first-order valence-corrected chi connectivity index (χ1v) is 8.46. The van der Waals surface area contributed by atoms with Crippen molar-refractivity contribution in [3.8, 4) is 0 Å². The monoisotopic (exact) mass is 338 g/mol. The lowest BCUT2D eigenvalue weighted by Gasteiger charge is -2.38. The summed E-state index contributed by atoms with van der Waals surface area (Å²) in [6, 6.07) is 9.99. The number of carbonyl (C=O) groups is 1. The predicted molar refractivity (Wildman–Crippen MR) is 95.5 cm³/mol. The van der Waals surface area contributed by atoms with Gasteiger partial charge in [0.05, 0.1) is 23.2 Å². The van der Waals surface area contributed by atoms with E-state index in [4.69, 9.17) is 9.40 Å². The molecule has 0 saturated carbocycles. The van der Waals surface area contributed by atoms with E-state index >= 15 is 0 Å². The van der Waals surface area contributed by atoms with Crippen LogP contribution in [0.15, 0.2) is 41.0 Å². The molecule has 1 saturated heterocycles. The highest BCUT2D eigenvalue weighted by Gasteiger charge is 2.36. The molecule has 130 valence electrons. The molecule has 2 aromatic heterocycles. The number of aryl methyl sites for hydroxylation is 1. The van der Waals surface area contributed by atoms with Crippen LogP contribution in [0.4, 0.5) is 0 Å². The second-order valence-electron chi connectivity index (χ2n) is 6.94. The molecule has 1 amide bonds. The van der Waals surface area contributed by atoms with E-state index in [0.29, 0.717) is 25.4 Å². The van der Waals surface area contributed by atoms with Crippen molar-refractivity contribution in [2.75, 3.05) is 27.2 Å². The van der Waals surface area contributed by atoms with E-state index < -0.39 is 0 Å². The largest absolute Gasteiger partial charge is 0.459 e. The molecule has 1 aliphatic heterocycles. The minimum atomic E-state index is -0.0307. The number of hydrogen-bond acceptors (Lipinski definition) is 4. The molecule has 6 nitrogen and oxygen atoms in total. The first kappa shape index (κ1) is 15.9. The zero-order valence-corrected chi connectivity index (χ0v) is 14.8. The molecule has 1 aromatic carbocycles. The fraction of sp³-hybridized carbons (Fsp3) is 0.368. The second-order valence-corrected chi connectivity index (χ2v) is 6.94. The lowest BCUT2D eigenvalue weighted by molar-refractivity contribution is 0.0557. The normalized spacial score (nSPS) is 15.1. The maximum absolute atomic E-state index is 12.7. The lowest BCUT2D eigenvalue weighted by Crippen LogP contribution is -2.49. The van der Waals surface area contributed by atoms with Gasteiger partial charge in [-0.1, -0.05) is 12.1 Å². The molecule has 0 aliphatic carbocycles. The van der Waals surface area contributed by atoms with Crippen molar-refractivity contribution in [2.24, 2.45) is 7.05 Å². The highest BCUT2D eigenvalue weighted by Crippen LogP contribution is 2.30. The molecule has 0 atom stereocenters. The first-order chi connectivity index (χ1) is 12.0. The highest BCUT2D eigenvalue weighted by atomic mass is 16.3. The van der Waals surface area contributed by atoms with E-state index in [9.17, 15) is 4.79 Å². The number of para-hydroxylation sites is 2. The molecule has 0 unspecified atom stereocenters. The standard InChI is InChI=1S/C19H22N4O2/c1-21(2)10-13-8-9-25-17(13)19(24)23-11-14(12-23)18-20-15-6-4-5-7-16(15)22(18)3/h4-9,14H,10-12H2,1-3H3. The van der Waals surface area contributed by atoms with Gasteiger partial charge in [0, 0.05) is 32.2 Å². The maximum Gasteiger partial charge on any atom is 0.289 e. The fourth-order valence-corrected chi connectivity index (χ4v) is 3.47. The van der Waals surface area contributed by atoms with Crippen molar-refractivity contribution >= 4 is 16.9 Å². The quantitative estimate of drug-likeness (QED) is 0.733. The third kappa shape index (κ3) is 2.72. The third-order valence-electron chi connectivity index (χ3n) is 4.78. The molecule has 0 bridgehead atoms.